The van der Waals surface area contributed by atoms with E-state index in [-0.39, 0.29) is 0 Å². The molecule has 24 heavy (non-hydrogen) atoms. The average molecular weight is 342 g/mol. The smallest absolute Gasteiger partial charge is 0.170 e. The van der Waals surface area contributed by atoms with Crippen molar-refractivity contribution >= 4 is 34.4 Å². The van der Waals surface area contributed by atoms with Crippen LogP contribution in [0.15, 0.2) is 64.8 Å². The lowest BCUT2D eigenvalue weighted by Crippen LogP contribution is -3.05. The van der Waals surface area contributed by atoms with Gasteiger partial charge in [0, 0.05) is 18.7 Å². The summed E-state index contributed by atoms with van der Waals surface area (Å²) in [7, 11) is 4.29. The zero-order valence-corrected chi connectivity index (χ0v) is 14.9. The largest absolute Gasteiger partial charge is 0.362 e. The number of hydrogen-bond acceptors (Lipinski definition) is 3. The average Bonchev–Trinajstić information content (AvgIpc) is 2.59. The van der Waals surface area contributed by atoms with Crippen LogP contribution in [-0.2, 0) is 0 Å². The number of rotatable bonds is 7. The molecule has 0 aliphatic heterocycles. The monoisotopic (exact) mass is 342 g/mol. The van der Waals surface area contributed by atoms with Crippen LogP contribution in [0.1, 0.15) is 6.42 Å². The van der Waals surface area contributed by atoms with Gasteiger partial charge in [-0.15, -0.1) is 0 Å². The standard InChI is InChI=1S/C18H23N5S/c1-23(2)14-6-13-19-18(24)20-15-9-11-17(12-10-15)22-21-16-7-4-3-5-8-16/h3-5,7-12H,6,13-14H2,1-2H3,(H2,19,20,24)/p+1. The fourth-order valence-corrected chi connectivity index (χ4v) is 2.26. The van der Waals surface area contributed by atoms with E-state index in [1.807, 2.05) is 54.6 Å². The van der Waals surface area contributed by atoms with E-state index >= 15 is 0 Å². The summed E-state index contributed by atoms with van der Waals surface area (Å²) in [6, 6.07) is 17.4. The van der Waals surface area contributed by atoms with Gasteiger partial charge in [0.2, 0.25) is 0 Å². The van der Waals surface area contributed by atoms with Gasteiger partial charge in [-0.05, 0) is 48.6 Å². The third kappa shape index (κ3) is 6.85. The van der Waals surface area contributed by atoms with E-state index in [1.165, 1.54) is 4.90 Å². The number of azo groups is 1. The molecule has 0 saturated heterocycles. The van der Waals surface area contributed by atoms with Gasteiger partial charge in [-0.3, -0.25) is 0 Å². The van der Waals surface area contributed by atoms with Crippen LogP contribution >= 0.6 is 12.2 Å². The number of nitrogens with zero attached hydrogens (tertiary/aromatic N) is 2. The SMILES string of the molecule is C[NH+](C)CCCNC(=S)Nc1ccc(N=Nc2ccccc2)cc1. The molecule has 5 nitrogen and oxygen atoms in total. The van der Waals surface area contributed by atoms with E-state index in [4.69, 9.17) is 12.2 Å². The Labute approximate surface area is 148 Å². The molecule has 0 spiro atoms. The minimum absolute atomic E-state index is 0.641. The molecule has 2 aromatic rings. The molecule has 126 valence electrons. The number of nitrogens with one attached hydrogen (secondary N) is 3. The third-order valence-corrected chi connectivity index (χ3v) is 3.55. The highest BCUT2D eigenvalue weighted by molar-refractivity contribution is 7.80. The van der Waals surface area contributed by atoms with Crippen molar-refractivity contribution < 1.29 is 4.90 Å². The quantitative estimate of drug-likeness (QED) is 0.412. The van der Waals surface area contributed by atoms with Crippen molar-refractivity contribution in [2.24, 2.45) is 10.2 Å². The summed E-state index contributed by atoms with van der Waals surface area (Å²) in [4.78, 5) is 1.44. The highest BCUT2D eigenvalue weighted by atomic mass is 32.1. The van der Waals surface area contributed by atoms with Crippen LogP contribution in [0.25, 0.3) is 0 Å². The minimum Gasteiger partial charge on any atom is -0.362 e. The Hall–Kier alpha value is -2.31. The van der Waals surface area contributed by atoms with Crippen molar-refractivity contribution in [2.45, 2.75) is 6.42 Å². The Morgan fingerprint density at radius 1 is 0.958 bits per heavy atom. The molecule has 0 radical (unpaired) electrons. The fourth-order valence-electron chi connectivity index (χ4n) is 2.04. The Bertz CT molecular complexity index is 653. The second-order valence-electron chi connectivity index (χ2n) is 5.77. The van der Waals surface area contributed by atoms with Crippen molar-refractivity contribution in [2.75, 3.05) is 32.5 Å². The molecule has 0 bridgehead atoms. The molecule has 0 saturated carbocycles. The molecule has 0 amide bonds. The normalized spacial score (nSPS) is 11.0. The van der Waals surface area contributed by atoms with Gasteiger partial charge in [-0.1, -0.05) is 18.2 Å². The van der Waals surface area contributed by atoms with Gasteiger partial charge in [-0.2, -0.15) is 10.2 Å². The highest BCUT2D eigenvalue weighted by Gasteiger charge is 1.99. The molecule has 3 N–H and O–H groups in total. The van der Waals surface area contributed by atoms with Crippen molar-refractivity contribution in [3.8, 4) is 0 Å². The summed E-state index contributed by atoms with van der Waals surface area (Å²) in [6.45, 7) is 2.00. The molecular formula is C18H24N5S+. The molecule has 0 atom stereocenters. The molecule has 0 aliphatic rings. The summed E-state index contributed by atoms with van der Waals surface area (Å²) in [5.41, 5.74) is 2.58. The highest BCUT2D eigenvalue weighted by Crippen LogP contribution is 2.19. The van der Waals surface area contributed by atoms with Crippen LogP contribution in [0.2, 0.25) is 0 Å². The second kappa shape index (κ2) is 9.75. The molecule has 0 unspecified atom stereocenters. The van der Waals surface area contributed by atoms with E-state index in [9.17, 15) is 0 Å². The summed E-state index contributed by atoms with van der Waals surface area (Å²) < 4.78 is 0. The Kier molecular flexibility index (Phi) is 7.32. The minimum atomic E-state index is 0.641. The predicted octanol–water partition coefficient (Wildman–Crippen LogP) is 2.92. The lowest BCUT2D eigenvalue weighted by Gasteiger charge is -2.11. The molecule has 6 heteroatoms. The number of thiocarbonyl (C=S) groups is 1. The van der Waals surface area contributed by atoms with Gasteiger partial charge in [0.25, 0.3) is 0 Å². The molecular weight excluding hydrogens is 318 g/mol. The lowest BCUT2D eigenvalue weighted by atomic mass is 10.3. The van der Waals surface area contributed by atoms with Crippen LogP contribution < -0.4 is 15.5 Å². The lowest BCUT2D eigenvalue weighted by molar-refractivity contribution is -0.858. The van der Waals surface area contributed by atoms with Crippen LogP contribution in [0.3, 0.4) is 0 Å². The van der Waals surface area contributed by atoms with Crippen LogP contribution in [0, 0.1) is 0 Å². The van der Waals surface area contributed by atoms with Gasteiger partial charge >= 0.3 is 0 Å². The number of hydrogen-bond donors (Lipinski definition) is 3. The van der Waals surface area contributed by atoms with Crippen molar-refractivity contribution in [3.05, 3.63) is 54.6 Å². The van der Waals surface area contributed by atoms with Crippen molar-refractivity contribution in [3.63, 3.8) is 0 Å². The van der Waals surface area contributed by atoms with Crippen LogP contribution in [0.5, 0.6) is 0 Å². The number of quaternary nitrogens is 1. The zero-order valence-electron chi connectivity index (χ0n) is 14.1. The summed E-state index contributed by atoms with van der Waals surface area (Å²) >= 11 is 5.29. The fraction of sp³-hybridized carbons (Fsp3) is 0.278. The molecule has 2 aromatic carbocycles. The molecule has 0 fully saturated rings. The molecule has 0 aromatic heterocycles. The summed E-state index contributed by atoms with van der Waals surface area (Å²) in [5.74, 6) is 0. The molecule has 0 heterocycles. The maximum absolute atomic E-state index is 5.29. The first-order valence-electron chi connectivity index (χ1n) is 8.04. The van der Waals surface area contributed by atoms with E-state index in [2.05, 4.69) is 35.0 Å². The first kappa shape index (κ1) is 18.0. The first-order valence-corrected chi connectivity index (χ1v) is 8.45. The molecule has 0 aliphatic carbocycles. The summed E-state index contributed by atoms with van der Waals surface area (Å²) in [5, 5.41) is 15.4. The van der Waals surface area contributed by atoms with Gasteiger partial charge in [0.1, 0.15) is 0 Å². The number of benzene rings is 2. The van der Waals surface area contributed by atoms with E-state index in [0.717, 1.165) is 36.6 Å². The van der Waals surface area contributed by atoms with E-state index in [0.29, 0.717) is 5.11 Å². The third-order valence-electron chi connectivity index (χ3n) is 3.30. The molecule has 2 rings (SSSR count). The Morgan fingerprint density at radius 2 is 1.58 bits per heavy atom. The van der Waals surface area contributed by atoms with Gasteiger partial charge in [0.05, 0.1) is 32.0 Å². The van der Waals surface area contributed by atoms with Crippen molar-refractivity contribution in [1.29, 1.82) is 0 Å². The topological polar surface area (TPSA) is 53.2 Å². The van der Waals surface area contributed by atoms with Crippen LogP contribution in [-0.4, -0.2) is 32.3 Å². The maximum Gasteiger partial charge on any atom is 0.170 e. The van der Waals surface area contributed by atoms with Gasteiger partial charge < -0.3 is 15.5 Å². The first-order chi connectivity index (χ1) is 11.6. The number of anilines is 1. The second-order valence-corrected chi connectivity index (χ2v) is 6.18. The Balaban J connectivity index is 1.79. The van der Waals surface area contributed by atoms with E-state index in [1.54, 1.807) is 0 Å². The van der Waals surface area contributed by atoms with Gasteiger partial charge in [0.15, 0.2) is 5.11 Å². The van der Waals surface area contributed by atoms with Gasteiger partial charge in [-0.25, -0.2) is 0 Å². The summed E-state index contributed by atoms with van der Waals surface area (Å²) in [6.07, 6.45) is 1.09. The predicted molar refractivity (Wildman–Crippen MR) is 104 cm³/mol. The van der Waals surface area contributed by atoms with Crippen LogP contribution in [0.4, 0.5) is 17.1 Å². The van der Waals surface area contributed by atoms with E-state index < -0.39 is 0 Å². The zero-order chi connectivity index (χ0) is 17.2. The van der Waals surface area contributed by atoms with Crippen molar-refractivity contribution in [1.82, 2.24) is 5.32 Å². The maximum atomic E-state index is 5.29. The Morgan fingerprint density at radius 3 is 2.21 bits per heavy atom.